The minimum Gasteiger partial charge on any atom is -0.494 e. The normalized spacial score (nSPS) is 12.1. The fraction of sp³-hybridized carbons (Fsp3) is 0.333. The van der Waals surface area contributed by atoms with Crippen LogP contribution in [0.5, 0.6) is 0 Å². The van der Waals surface area contributed by atoms with Gasteiger partial charge in [0.2, 0.25) is 0 Å². The maximum atomic E-state index is 5.62. The number of fused-ring (bicyclic) bond motifs is 1. The molecule has 2 rings (SSSR count). The second-order valence-electron chi connectivity index (χ2n) is 4.22. The van der Waals surface area contributed by atoms with E-state index < -0.39 is 0 Å². The molecule has 17 heavy (non-hydrogen) atoms. The van der Waals surface area contributed by atoms with Gasteiger partial charge < -0.3 is 9.72 Å². The topological polar surface area (TPSA) is 25.0 Å². The SMILES string of the molecule is CC=C(OCC)c1ccc2[nH]c(C)c(C)c2c1. The number of ether oxygens (including phenoxy) is 1. The summed E-state index contributed by atoms with van der Waals surface area (Å²) in [5.74, 6) is 0.952. The number of rotatable bonds is 3. The predicted molar refractivity (Wildman–Crippen MR) is 73.0 cm³/mol. The standard InChI is InChI=1S/C15H19NO/c1-5-15(17-6-2)12-7-8-14-13(9-12)10(3)11(4)16-14/h5,7-9,16H,6H2,1-4H3. The van der Waals surface area contributed by atoms with Gasteiger partial charge in [0.05, 0.1) is 6.61 Å². The third-order valence-electron chi connectivity index (χ3n) is 3.15. The Balaban J connectivity index is 2.53. The number of H-pyrrole nitrogens is 1. The highest BCUT2D eigenvalue weighted by Gasteiger charge is 2.07. The molecule has 0 aliphatic carbocycles. The molecule has 2 nitrogen and oxygen atoms in total. The maximum Gasteiger partial charge on any atom is 0.122 e. The summed E-state index contributed by atoms with van der Waals surface area (Å²) in [5.41, 5.74) is 4.88. The molecule has 0 amide bonds. The number of aromatic amines is 1. The molecule has 0 atom stereocenters. The molecule has 0 unspecified atom stereocenters. The second-order valence-corrected chi connectivity index (χ2v) is 4.22. The summed E-state index contributed by atoms with van der Waals surface area (Å²) in [5, 5.41) is 1.28. The van der Waals surface area contributed by atoms with Crippen molar-refractivity contribution >= 4 is 16.7 Å². The number of hydrogen-bond acceptors (Lipinski definition) is 1. The molecule has 0 aliphatic heterocycles. The molecule has 0 aliphatic rings. The highest BCUT2D eigenvalue weighted by molar-refractivity contribution is 5.87. The summed E-state index contributed by atoms with van der Waals surface area (Å²) in [4.78, 5) is 3.38. The van der Waals surface area contributed by atoms with Gasteiger partial charge in [0.1, 0.15) is 5.76 Å². The fourth-order valence-electron chi connectivity index (χ4n) is 2.10. The summed E-state index contributed by atoms with van der Waals surface area (Å²) in [7, 11) is 0. The Labute approximate surface area is 102 Å². The van der Waals surface area contributed by atoms with Crippen molar-refractivity contribution in [2.24, 2.45) is 0 Å². The predicted octanol–water partition coefficient (Wildman–Crippen LogP) is 4.18. The van der Waals surface area contributed by atoms with Crippen LogP contribution in [0.3, 0.4) is 0 Å². The van der Waals surface area contributed by atoms with E-state index >= 15 is 0 Å². The molecule has 1 aromatic carbocycles. The van der Waals surface area contributed by atoms with Crippen LogP contribution in [-0.2, 0) is 4.74 Å². The average molecular weight is 229 g/mol. The molecule has 90 valence electrons. The molecule has 0 saturated heterocycles. The van der Waals surface area contributed by atoms with E-state index in [1.165, 1.54) is 22.2 Å². The quantitative estimate of drug-likeness (QED) is 0.785. The third-order valence-corrected chi connectivity index (χ3v) is 3.15. The Morgan fingerprint density at radius 3 is 2.76 bits per heavy atom. The van der Waals surface area contributed by atoms with Crippen LogP contribution in [-0.4, -0.2) is 11.6 Å². The molecular weight excluding hydrogens is 210 g/mol. The van der Waals surface area contributed by atoms with E-state index in [1.54, 1.807) is 0 Å². The van der Waals surface area contributed by atoms with Crippen LogP contribution in [0, 0.1) is 13.8 Å². The summed E-state index contributed by atoms with van der Waals surface area (Å²) in [6, 6.07) is 6.41. The summed E-state index contributed by atoms with van der Waals surface area (Å²) in [6.07, 6.45) is 2.01. The van der Waals surface area contributed by atoms with Crippen molar-refractivity contribution in [3.63, 3.8) is 0 Å². The van der Waals surface area contributed by atoms with Gasteiger partial charge in [-0.3, -0.25) is 0 Å². The number of aromatic nitrogens is 1. The van der Waals surface area contributed by atoms with Crippen molar-refractivity contribution in [3.8, 4) is 0 Å². The van der Waals surface area contributed by atoms with Crippen molar-refractivity contribution in [2.45, 2.75) is 27.7 Å². The first-order chi connectivity index (χ1) is 8.17. The Morgan fingerprint density at radius 2 is 2.12 bits per heavy atom. The average Bonchev–Trinajstić information content (AvgIpc) is 2.62. The highest BCUT2D eigenvalue weighted by Crippen LogP contribution is 2.25. The van der Waals surface area contributed by atoms with Gasteiger partial charge in [-0.15, -0.1) is 0 Å². The second kappa shape index (κ2) is 4.66. The Hall–Kier alpha value is -1.70. The van der Waals surface area contributed by atoms with Gasteiger partial charge in [-0.1, -0.05) is 0 Å². The molecule has 0 radical (unpaired) electrons. The summed E-state index contributed by atoms with van der Waals surface area (Å²) < 4.78 is 5.62. The zero-order chi connectivity index (χ0) is 12.4. The van der Waals surface area contributed by atoms with Gasteiger partial charge in [0, 0.05) is 22.2 Å². The van der Waals surface area contributed by atoms with E-state index in [0.717, 1.165) is 11.3 Å². The van der Waals surface area contributed by atoms with Gasteiger partial charge in [0.25, 0.3) is 0 Å². The lowest BCUT2D eigenvalue weighted by molar-refractivity contribution is 0.297. The molecule has 0 fully saturated rings. The van der Waals surface area contributed by atoms with Crippen LogP contribution < -0.4 is 0 Å². The summed E-state index contributed by atoms with van der Waals surface area (Å²) >= 11 is 0. The first kappa shape index (κ1) is 11.8. The minimum absolute atomic E-state index is 0.697. The van der Waals surface area contributed by atoms with Crippen molar-refractivity contribution in [1.82, 2.24) is 4.98 Å². The van der Waals surface area contributed by atoms with E-state index in [4.69, 9.17) is 4.74 Å². The largest absolute Gasteiger partial charge is 0.494 e. The number of benzene rings is 1. The van der Waals surface area contributed by atoms with Gasteiger partial charge >= 0.3 is 0 Å². The first-order valence-corrected chi connectivity index (χ1v) is 6.05. The Bertz CT molecular complexity index is 564. The first-order valence-electron chi connectivity index (χ1n) is 6.05. The third kappa shape index (κ3) is 2.07. The van der Waals surface area contributed by atoms with Crippen molar-refractivity contribution in [1.29, 1.82) is 0 Å². The van der Waals surface area contributed by atoms with Gasteiger partial charge in [-0.25, -0.2) is 0 Å². The number of hydrogen-bond donors (Lipinski definition) is 1. The van der Waals surface area contributed by atoms with E-state index in [9.17, 15) is 0 Å². The van der Waals surface area contributed by atoms with Crippen LogP contribution in [0.25, 0.3) is 16.7 Å². The molecule has 1 heterocycles. The van der Waals surface area contributed by atoms with Crippen molar-refractivity contribution in [2.75, 3.05) is 6.61 Å². The van der Waals surface area contributed by atoms with Gasteiger partial charge in [-0.05, 0) is 57.5 Å². The zero-order valence-electron chi connectivity index (χ0n) is 10.9. The number of aryl methyl sites for hydroxylation is 2. The van der Waals surface area contributed by atoms with Crippen molar-refractivity contribution < 1.29 is 4.74 Å². The fourth-order valence-corrected chi connectivity index (χ4v) is 2.10. The highest BCUT2D eigenvalue weighted by atomic mass is 16.5. The van der Waals surface area contributed by atoms with E-state index in [-0.39, 0.29) is 0 Å². The Morgan fingerprint density at radius 1 is 1.35 bits per heavy atom. The van der Waals surface area contributed by atoms with Crippen molar-refractivity contribution in [3.05, 3.63) is 41.1 Å². The number of allylic oxidation sites excluding steroid dienone is 1. The summed E-state index contributed by atoms with van der Waals surface area (Å²) in [6.45, 7) is 8.96. The van der Waals surface area contributed by atoms with E-state index in [0.29, 0.717) is 6.61 Å². The zero-order valence-corrected chi connectivity index (χ0v) is 10.9. The molecular formula is C15H19NO. The smallest absolute Gasteiger partial charge is 0.122 e. The molecule has 0 bridgehead atoms. The van der Waals surface area contributed by atoms with Gasteiger partial charge in [-0.2, -0.15) is 0 Å². The van der Waals surface area contributed by atoms with Crippen LogP contribution in [0.15, 0.2) is 24.3 Å². The van der Waals surface area contributed by atoms with E-state index in [2.05, 4.69) is 37.0 Å². The molecule has 1 aromatic heterocycles. The lowest BCUT2D eigenvalue weighted by Gasteiger charge is -2.08. The van der Waals surface area contributed by atoms with Gasteiger partial charge in [0.15, 0.2) is 0 Å². The van der Waals surface area contributed by atoms with Crippen LogP contribution in [0.1, 0.15) is 30.7 Å². The molecule has 2 heteroatoms. The number of nitrogens with one attached hydrogen (secondary N) is 1. The van der Waals surface area contributed by atoms with Crippen LogP contribution >= 0.6 is 0 Å². The minimum atomic E-state index is 0.697. The lowest BCUT2D eigenvalue weighted by atomic mass is 10.1. The van der Waals surface area contributed by atoms with Crippen LogP contribution in [0.2, 0.25) is 0 Å². The van der Waals surface area contributed by atoms with Crippen LogP contribution in [0.4, 0.5) is 0 Å². The molecule has 1 N–H and O–H groups in total. The maximum absolute atomic E-state index is 5.62. The molecule has 0 saturated carbocycles. The molecule has 2 aromatic rings. The monoisotopic (exact) mass is 229 g/mol. The Kier molecular flexibility index (Phi) is 3.23. The van der Waals surface area contributed by atoms with E-state index in [1.807, 2.05) is 19.9 Å². The lowest BCUT2D eigenvalue weighted by Crippen LogP contribution is -1.91. The molecule has 0 spiro atoms.